The van der Waals surface area contributed by atoms with Crippen LogP contribution < -0.4 is 9.62 Å². The second-order valence-electron chi connectivity index (χ2n) is 8.32. The van der Waals surface area contributed by atoms with Crippen LogP contribution in [0.4, 0.5) is 5.69 Å². The number of nitrogens with zero attached hydrogens (tertiary/aromatic N) is 3. The topological polar surface area (TPSA) is 93.5 Å². The number of hydrogen-bond donors (Lipinski definition) is 1. The van der Waals surface area contributed by atoms with Gasteiger partial charge in [-0.1, -0.05) is 26.0 Å². The fourth-order valence-electron chi connectivity index (χ4n) is 3.80. The first-order chi connectivity index (χ1) is 14.6. The van der Waals surface area contributed by atoms with Crippen LogP contribution in [0.15, 0.2) is 29.2 Å². The van der Waals surface area contributed by atoms with Crippen LogP contribution in [0.1, 0.15) is 49.6 Å². The van der Waals surface area contributed by atoms with Crippen molar-refractivity contribution in [1.82, 2.24) is 15.1 Å². The summed E-state index contributed by atoms with van der Waals surface area (Å²) in [6.45, 7) is 8.29. The van der Waals surface area contributed by atoms with Gasteiger partial charge in [0.2, 0.25) is 5.91 Å². The maximum absolute atomic E-state index is 13.7. The van der Waals surface area contributed by atoms with E-state index in [1.165, 1.54) is 4.31 Å². The number of carbonyl (C=O) groups excluding carboxylic acids is 1. The number of carbonyl (C=O) groups is 1. The van der Waals surface area contributed by atoms with Crippen LogP contribution in [0.25, 0.3) is 0 Å². The second-order valence-corrected chi connectivity index (χ2v) is 10.1. The van der Waals surface area contributed by atoms with Gasteiger partial charge < -0.3 is 10.1 Å². The van der Waals surface area contributed by atoms with E-state index < -0.39 is 10.0 Å². The summed E-state index contributed by atoms with van der Waals surface area (Å²) in [5, 5.41) is 7.07. The van der Waals surface area contributed by atoms with Gasteiger partial charge in [0, 0.05) is 20.2 Å². The Kier molecular flexibility index (Phi) is 7.06. The van der Waals surface area contributed by atoms with Crippen molar-refractivity contribution < 1.29 is 17.9 Å². The number of benzene rings is 1. The molecule has 0 spiro atoms. The standard InChI is InChI=1S/C22H32N4O4S/c1-15(2)18-8-10-19(11-9-18)26(14-21(27)23-13-20-7-6-12-30-20)31(28,29)22-16(3)24-25(5)17(22)4/h8-11,15,20H,6-7,12-14H2,1-5H3,(H,23,27). The first kappa shape index (κ1) is 23.3. The summed E-state index contributed by atoms with van der Waals surface area (Å²) in [5.41, 5.74) is 2.47. The monoisotopic (exact) mass is 448 g/mol. The molecule has 8 nitrogen and oxygen atoms in total. The van der Waals surface area contributed by atoms with Crippen LogP contribution in [0, 0.1) is 13.8 Å². The quantitative estimate of drug-likeness (QED) is 0.670. The van der Waals surface area contributed by atoms with E-state index in [1.807, 2.05) is 12.1 Å². The van der Waals surface area contributed by atoms with Crippen LogP contribution in [-0.4, -0.2) is 49.9 Å². The molecule has 0 aliphatic carbocycles. The van der Waals surface area contributed by atoms with Gasteiger partial charge in [-0.3, -0.25) is 13.8 Å². The highest BCUT2D eigenvalue weighted by Crippen LogP contribution is 2.29. The number of anilines is 1. The zero-order valence-electron chi connectivity index (χ0n) is 18.9. The van der Waals surface area contributed by atoms with Gasteiger partial charge in [0.15, 0.2) is 0 Å². The highest BCUT2D eigenvalue weighted by Gasteiger charge is 2.32. The number of aromatic nitrogens is 2. The molecule has 1 aromatic carbocycles. The molecular formula is C22H32N4O4S. The minimum atomic E-state index is -4.00. The Bertz CT molecular complexity index is 1020. The zero-order valence-corrected chi connectivity index (χ0v) is 19.7. The maximum Gasteiger partial charge on any atom is 0.268 e. The van der Waals surface area contributed by atoms with E-state index in [4.69, 9.17) is 4.74 Å². The predicted octanol–water partition coefficient (Wildman–Crippen LogP) is 2.65. The molecule has 170 valence electrons. The molecule has 0 radical (unpaired) electrons. The Morgan fingerprint density at radius 1 is 1.29 bits per heavy atom. The lowest BCUT2D eigenvalue weighted by Crippen LogP contribution is -2.43. The Balaban J connectivity index is 1.92. The van der Waals surface area contributed by atoms with Crippen molar-refractivity contribution in [1.29, 1.82) is 0 Å². The predicted molar refractivity (Wildman–Crippen MR) is 120 cm³/mol. The van der Waals surface area contributed by atoms with Crippen LogP contribution in [0.2, 0.25) is 0 Å². The number of nitrogens with one attached hydrogen (secondary N) is 1. The summed E-state index contributed by atoms with van der Waals surface area (Å²) < 4.78 is 35.6. The molecule has 31 heavy (non-hydrogen) atoms. The first-order valence-corrected chi connectivity index (χ1v) is 12.1. The number of aryl methyl sites for hydroxylation is 2. The number of sulfonamides is 1. The molecule has 0 bridgehead atoms. The van der Waals surface area contributed by atoms with Crippen LogP contribution in [-0.2, 0) is 26.6 Å². The molecule has 1 aliphatic rings. The smallest absolute Gasteiger partial charge is 0.268 e. The Morgan fingerprint density at radius 2 is 1.97 bits per heavy atom. The lowest BCUT2D eigenvalue weighted by atomic mass is 10.0. The molecule has 9 heteroatoms. The van der Waals surface area contributed by atoms with Crippen molar-refractivity contribution in [2.24, 2.45) is 7.05 Å². The van der Waals surface area contributed by atoms with E-state index in [2.05, 4.69) is 24.3 Å². The molecule has 1 fully saturated rings. The SMILES string of the molecule is Cc1nn(C)c(C)c1S(=O)(=O)N(CC(=O)NCC1CCCO1)c1ccc(C(C)C)cc1. The van der Waals surface area contributed by atoms with Crippen molar-refractivity contribution in [2.45, 2.75) is 57.5 Å². The Labute approximate surface area is 184 Å². The molecule has 2 heterocycles. The summed E-state index contributed by atoms with van der Waals surface area (Å²) >= 11 is 0. The van der Waals surface area contributed by atoms with Crippen LogP contribution in [0.3, 0.4) is 0 Å². The number of ether oxygens (including phenoxy) is 1. The van der Waals surface area contributed by atoms with Crippen LogP contribution in [0.5, 0.6) is 0 Å². The van der Waals surface area contributed by atoms with E-state index in [0.29, 0.717) is 36.1 Å². The first-order valence-electron chi connectivity index (χ1n) is 10.6. The van der Waals surface area contributed by atoms with Crippen molar-refractivity contribution in [3.63, 3.8) is 0 Å². The summed E-state index contributed by atoms with van der Waals surface area (Å²) in [7, 11) is -2.30. The van der Waals surface area contributed by atoms with Gasteiger partial charge >= 0.3 is 0 Å². The summed E-state index contributed by atoms with van der Waals surface area (Å²) in [6.07, 6.45) is 1.86. The lowest BCUT2D eigenvalue weighted by Gasteiger charge is -2.25. The lowest BCUT2D eigenvalue weighted by molar-refractivity contribution is -0.120. The molecule has 1 N–H and O–H groups in total. The van der Waals surface area contributed by atoms with E-state index in [0.717, 1.165) is 18.4 Å². The summed E-state index contributed by atoms with van der Waals surface area (Å²) in [5.74, 6) is -0.0529. The van der Waals surface area contributed by atoms with Gasteiger partial charge in [0.25, 0.3) is 10.0 Å². The molecule has 3 rings (SSSR count). The van der Waals surface area contributed by atoms with Gasteiger partial charge in [0.05, 0.1) is 23.2 Å². The van der Waals surface area contributed by atoms with Gasteiger partial charge in [-0.25, -0.2) is 8.42 Å². The van der Waals surface area contributed by atoms with E-state index in [1.54, 1.807) is 37.7 Å². The minimum absolute atomic E-state index is 0.0119. The van der Waals surface area contributed by atoms with E-state index in [-0.39, 0.29) is 23.5 Å². The molecule has 1 aliphatic heterocycles. The summed E-state index contributed by atoms with van der Waals surface area (Å²) in [6, 6.07) is 7.30. The van der Waals surface area contributed by atoms with Crippen LogP contribution >= 0.6 is 0 Å². The molecule has 1 unspecified atom stereocenters. The molecule has 1 atom stereocenters. The third kappa shape index (κ3) is 5.10. The summed E-state index contributed by atoms with van der Waals surface area (Å²) in [4.78, 5) is 12.9. The van der Waals surface area contributed by atoms with Crippen molar-refractivity contribution >= 4 is 21.6 Å². The molecule has 1 saturated heterocycles. The largest absolute Gasteiger partial charge is 0.376 e. The average Bonchev–Trinajstić information content (AvgIpc) is 3.32. The maximum atomic E-state index is 13.7. The molecular weight excluding hydrogens is 416 g/mol. The van der Waals surface area contributed by atoms with Gasteiger partial charge in [0.1, 0.15) is 11.4 Å². The number of amides is 1. The fourth-order valence-corrected chi connectivity index (χ4v) is 5.62. The molecule has 0 saturated carbocycles. The van der Waals surface area contributed by atoms with Gasteiger partial charge in [-0.2, -0.15) is 5.10 Å². The highest BCUT2D eigenvalue weighted by molar-refractivity contribution is 7.93. The average molecular weight is 449 g/mol. The number of hydrogen-bond acceptors (Lipinski definition) is 5. The van der Waals surface area contributed by atoms with Gasteiger partial charge in [-0.15, -0.1) is 0 Å². The Hall–Kier alpha value is -2.39. The minimum Gasteiger partial charge on any atom is -0.376 e. The fraction of sp³-hybridized carbons (Fsp3) is 0.545. The van der Waals surface area contributed by atoms with E-state index in [9.17, 15) is 13.2 Å². The normalized spacial score (nSPS) is 16.6. The molecule has 1 aromatic heterocycles. The zero-order chi connectivity index (χ0) is 22.8. The second kappa shape index (κ2) is 9.40. The van der Waals surface area contributed by atoms with Crippen molar-refractivity contribution in [2.75, 3.05) is 24.0 Å². The Morgan fingerprint density at radius 3 is 2.48 bits per heavy atom. The third-order valence-electron chi connectivity index (χ3n) is 5.68. The van der Waals surface area contributed by atoms with Gasteiger partial charge in [-0.05, 0) is 50.3 Å². The molecule has 2 aromatic rings. The van der Waals surface area contributed by atoms with Crippen molar-refractivity contribution in [3.05, 3.63) is 41.2 Å². The van der Waals surface area contributed by atoms with E-state index >= 15 is 0 Å². The van der Waals surface area contributed by atoms with Crippen molar-refractivity contribution in [3.8, 4) is 0 Å². The number of rotatable bonds is 8. The third-order valence-corrected chi connectivity index (χ3v) is 7.70. The molecule has 1 amide bonds. The highest BCUT2D eigenvalue weighted by atomic mass is 32.2.